The molecule has 1 aromatic rings. The lowest BCUT2D eigenvalue weighted by atomic mass is 9.99. The van der Waals surface area contributed by atoms with Gasteiger partial charge >= 0.3 is 0 Å². The Kier molecular flexibility index (Phi) is 4.43. The van der Waals surface area contributed by atoms with Crippen LogP contribution in [0.1, 0.15) is 37.8 Å². The predicted molar refractivity (Wildman–Crippen MR) is 77.2 cm³/mol. The van der Waals surface area contributed by atoms with Gasteiger partial charge in [-0.2, -0.15) is 0 Å². The van der Waals surface area contributed by atoms with E-state index in [-0.39, 0.29) is 11.9 Å². The van der Waals surface area contributed by atoms with Crippen LogP contribution in [0.15, 0.2) is 35.5 Å². The average molecular weight is 261 g/mol. The molecule has 104 valence electrons. The monoisotopic (exact) mass is 261 g/mol. The van der Waals surface area contributed by atoms with Crippen molar-refractivity contribution in [2.75, 3.05) is 7.05 Å². The zero-order chi connectivity index (χ0) is 13.8. The van der Waals surface area contributed by atoms with Crippen molar-refractivity contribution in [3.05, 3.63) is 35.9 Å². The lowest BCUT2D eigenvalue weighted by Crippen LogP contribution is -2.36. The topological polar surface area (TPSA) is 61.8 Å². The van der Waals surface area contributed by atoms with Crippen LogP contribution in [0.3, 0.4) is 0 Å². The van der Waals surface area contributed by atoms with E-state index >= 15 is 0 Å². The molecule has 0 radical (unpaired) electrons. The summed E-state index contributed by atoms with van der Waals surface area (Å²) in [6, 6.07) is 11.0. The molecule has 3 N–H and O–H groups in total. The first-order valence-corrected chi connectivity index (χ1v) is 6.86. The normalized spacial score (nSPS) is 19.4. The number of amidine groups is 1. The zero-order valence-corrected chi connectivity index (χ0v) is 11.7. The maximum atomic E-state index is 8.82. The molecule has 4 heteroatoms. The Morgan fingerprint density at radius 1 is 1.42 bits per heavy atom. The van der Waals surface area contributed by atoms with Crippen molar-refractivity contribution in [1.29, 1.82) is 0 Å². The number of nitrogens with zero attached hydrogens (tertiary/aromatic N) is 2. The minimum Gasteiger partial charge on any atom is -0.409 e. The standard InChI is InChI=1S/C15H23N3O/c1-11(12-8-9-12)18(2)14(10-15(16)17-19)13-6-4-3-5-7-13/h3-7,11-12,14,19H,8-10H2,1-2H3,(H2,16,17). The Bertz CT molecular complexity index is 428. The van der Waals surface area contributed by atoms with E-state index in [2.05, 4.69) is 36.2 Å². The van der Waals surface area contributed by atoms with Gasteiger partial charge in [0.2, 0.25) is 0 Å². The highest BCUT2D eigenvalue weighted by atomic mass is 16.4. The molecule has 1 aromatic carbocycles. The zero-order valence-electron chi connectivity index (χ0n) is 11.7. The van der Waals surface area contributed by atoms with Crippen LogP contribution < -0.4 is 5.73 Å². The van der Waals surface area contributed by atoms with Gasteiger partial charge in [0.15, 0.2) is 0 Å². The van der Waals surface area contributed by atoms with Crippen molar-refractivity contribution in [1.82, 2.24) is 4.90 Å². The third-order valence-electron chi connectivity index (χ3n) is 4.15. The van der Waals surface area contributed by atoms with Crippen LogP contribution in [0, 0.1) is 5.92 Å². The highest BCUT2D eigenvalue weighted by molar-refractivity contribution is 5.80. The average Bonchev–Trinajstić information content (AvgIpc) is 3.28. The second kappa shape index (κ2) is 6.06. The second-order valence-electron chi connectivity index (χ2n) is 5.47. The number of hydrogen-bond acceptors (Lipinski definition) is 3. The van der Waals surface area contributed by atoms with Gasteiger partial charge in [-0.05, 0) is 38.3 Å². The van der Waals surface area contributed by atoms with Gasteiger partial charge < -0.3 is 10.9 Å². The molecule has 0 aromatic heterocycles. The highest BCUT2D eigenvalue weighted by Crippen LogP contribution is 2.38. The molecule has 0 spiro atoms. The largest absolute Gasteiger partial charge is 0.409 e. The fraction of sp³-hybridized carbons (Fsp3) is 0.533. The quantitative estimate of drug-likeness (QED) is 0.358. The molecule has 0 aliphatic heterocycles. The fourth-order valence-corrected chi connectivity index (χ4v) is 2.61. The molecule has 4 nitrogen and oxygen atoms in total. The van der Waals surface area contributed by atoms with Crippen LogP contribution in [0.4, 0.5) is 0 Å². The molecule has 0 saturated heterocycles. The summed E-state index contributed by atoms with van der Waals surface area (Å²) in [5.41, 5.74) is 6.93. The van der Waals surface area contributed by atoms with E-state index < -0.39 is 0 Å². The molecule has 1 aliphatic rings. The summed E-state index contributed by atoms with van der Waals surface area (Å²) in [4.78, 5) is 2.35. The molecular formula is C15H23N3O. The minimum atomic E-state index is 0.160. The Balaban J connectivity index is 2.18. The molecule has 0 amide bonds. The van der Waals surface area contributed by atoms with Crippen LogP contribution in [0.5, 0.6) is 0 Å². The molecule has 1 fully saturated rings. The summed E-state index contributed by atoms with van der Waals surface area (Å²) in [7, 11) is 2.13. The number of rotatable bonds is 6. The minimum absolute atomic E-state index is 0.160. The molecule has 2 rings (SSSR count). The van der Waals surface area contributed by atoms with Crippen LogP contribution in [-0.2, 0) is 0 Å². The predicted octanol–water partition coefficient (Wildman–Crippen LogP) is 2.59. The molecule has 0 bridgehead atoms. The fourth-order valence-electron chi connectivity index (χ4n) is 2.61. The first-order valence-electron chi connectivity index (χ1n) is 6.86. The van der Waals surface area contributed by atoms with Crippen molar-refractivity contribution in [2.45, 2.75) is 38.3 Å². The Hall–Kier alpha value is -1.55. The lowest BCUT2D eigenvalue weighted by Gasteiger charge is -2.33. The van der Waals surface area contributed by atoms with Crippen molar-refractivity contribution >= 4 is 5.84 Å². The molecule has 19 heavy (non-hydrogen) atoms. The summed E-state index contributed by atoms with van der Waals surface area (Å²) in [6.07, 6.45) is 3.18. The van der Waals surface area contributed by atoms with Gasteiger partial charge in [0.25, 0.3) is 0 Å². The Morgan fingerprint density at radius 3 is 2.58 bits per heavy atom. The van der Waals surface area contributed by atoms with E-state index in [1.807, 2.05) is 18.2 Å². The van der Waals surface area contributed by atoms with Gasteiger partial charge in [0.05, 0.1) is 0 Å². The summed E-state index contributed by atoms with van der Waals surface area (Å²) >= 11 is 0. The number of oxime groups is 1. The van der Waals surface area contributed by atoms with E-state index in [0.717, 1.165) is 5.92 Å². The van der Waals surface area contributed by atoms with Crippen LogP contribution in [0.2, 0.25) is 0 Å². The van der Waals surface area contributed by atoms with Gasteiger partial charge in [-0.15, -0.1) is 0 Å². The molecule has 2 unspecified atom stereocenters. The van der Waals surface area contributed by atoms with Gasteiger partial charge in [0, 0.05) is 18.5 Å². The lowest BCUT2D eigenvalue weighted by molar-refractivity contribution is 0.169. The first kappa shape index (κ1) is 13.9. The van der Waals surface area contributed by atoms with Gasteiger partial charge in [0.1, 0.15) is 5.84 Å². The Morgan fingerprint density at radius 2 is 2.05 bits per heavy atom. The maximum absolute atomic E-state index is 8.82. The number of hydrogen-bond donors (Lipinski definition) is 2. The van der Waals surface area contributed by atoms with E-state index in [0.29, 0.717) is 12.5 Å². The molecule has 0 heterocycles. The van der Waals surface area contributed by atoms with Crippen LogP contribution in [-0.4, -0.2) is 29.0 Å². The SMILES string of the molecule is CC(C1CC1)N(C)C(CC(N)=NO)c1ccccc1. The van der Waals surface area contributed by atoms with Gasteiger partial charge in [-0.3, -0.25) is 4.90 Å². The second-order valence-corrected chi connectivity index (χ2v) is 5.47. The van der Waals surface area contributed by atoms with E-state index in [1.54, 1.807) is 0 Å². The van der Waals surface area contributed by atoms with Crippen molar-refractivity contribution in [3.8, 4) is 0 Å². The number of benzene rings is 1. The molecule has 1 saturated carbocycles. The highest BCUT2D eigenvalue weighted by Gasteiger charge is 2.33. The molecular weight excluding hydrogens is 238 g/mol. The van der Waals surface area contributed by atoms with Crippen LogP contribution in [0.25, 0.3) is 0 Å². The first-order chi connectivity index (χ1) is 9.13. The smallest absolute Gasteiger partial charge is 0.141 e. The Labute approximate surface area is 114 Å². The summed E-state index contributed by atoms with van der Waals surface area (Å²) in [5.74, 6) is 1.08. The van der Waals surface area contributed by atoms with E-state index in [1.165, 1.54) is 18.4 Å². The summed E-state index contributed by atoms with van der Waals surface area (Å²) in [5, 5.41) is 11.9. The van der Waals surface area contributed by atoms with Gasteiger partial charge in [-0.1, -0.05) is 35.5 Å². The third kappa shape index (κ3) is 3.47. The van der Waals surface area contributed by atoms with Crippen molar-refractivity contribution in [2.24, 2.45) is 16.8 Å². The van der Waals surface area contributed by atoms with E-state index in [4.69, 9.17) is 10.9 Å². The third-order valence-corrected chi connectivity index (χ3v) is 4.15. The van der Waals surface area contributed by atoms with E-state index in [9.17, 15) is 0 Å². The molecule has 2 atom stereocenters. The summed E-state index contributed by atoms with van der Waals surface area (Å²) < 4.78 is 0. The maximum Gasteiger partial charge on any atom is 0.141 e. The van der Waals surface area contributed by atoms with Gasteiger partial charge in [-0.25, -0.2) is 0 Å². The van der Waals surface area contributed by atoms with Crippen LogP contribution >= 0.6 is 0 Å². The van der Waals surface area contributed by atoms with Crippen molar-refractivity contribution < 1.29 is 5.21 Å². The van der Waals surface area contributed by atoms with Crippen molar-refractivity contribution in [3.63, 3.8) is 0 Å². The summed E-state index contributed by atoms with van der Waals surface area (Å²) in [6.45, 7) is 2.26. The molecule has 1 aliphatic carbocycles. The number of nitrogens with two attached hydrogens (primary N) is 1.